The van der Waals surface area contributed by atoms with E-state index in [1.54, 1.807) is 17.1 Å². The number of hydrogen-bond acceptors (Lipinski definition) is 3. The largest absolute Gasteiger partial charge is 0.457 e. The van der Waals surface area contributed by atoms with Crippen molar-refractivity contribution in [2.75, 3.05) is 13.1 Å². The fourth-order valence-corrected chi connectivity index (χ4v) is 3.63. The first-order chi connectivity index (χ1) is 14.2. The van der Waals surface area contributed by atoms with Gasteiger partial charge in [0.15, 0.2) is 0 Å². The minimum Gasteiger partial charge on any atom is -0.457 e. The van der Waals surface area contributed by atoms with E-state index in [1.807, 2.05) is 60.7 Å². The third-order valence-electron chi connectivity index (χ3n) is 5.32. The summed E-state index contributed by atoms with van der Waals surface area (Å²) in [5.74, 6) is 0.643. The van der Waals surface area contributed by atoms with Crippen LogP contribution in [0.4, 0.5) is 0 Å². The molecule has 2 aromatic carbocycles. The van der Waals surface area contributed by atoms with E-state index in [2.05, 4.69) is 5.32 Å². The second-order valence-corrected chi connectivity index (χ2v) is 7.32. The van der Waals surface area contributed by atoms with Gasteiger partial charge in [0, 0.05) is 37.0 Å². The molecular formula is C24H24N2O3. The van der Waals surface area contributed by atoms with E-state index in [0.29, 0.717) is 38.2 Å². The topological polar surface area (TPSA) is 62.6 Å². The van der Waals surface area contributed by atoms with Crippen LogP contribution in [-0.4, -0.2) is 29.8 Å². The van der Waals surface area contributed by atoms with Crippen molar-refractivity contribution in [3.8, 4) is 0 Å². The zero-order valence-corrected chi connectivity index (χ0v) is 16.2. The van der Waals surface area contributed by atoms with Gasteiger partial charge in [-0.2, -0.15) is 0 Å². The van der Waals surface area contributed by atoms with Crippen molar-refractivity contribution in [2.45, 2.75) is 19.4 Å². The molecule has 0 saturated carbocycles. The normalized spacial score (nSPS) is 15.1. The van der Waals surface area contributed by atoms with Crippen molar-refractivity contribution < 1.29 is 14.0 Å². The van der Waals surface area contributed by atoms with Crippen LogP contribution in [0.5, 0.6) is 0 Å². The molecule has 5 heteroatoms. The fraction of sp³-hybridized carbons (Fsp3) is 0.250. The Morgan fingerprint density at radius 2 is 1.76 bits per heavy atom. The number of amides is 2. The second-order valence-electron chi connectivity index (χ2n) is 7.32. The van der Waals surface area contributed by atoms with Crippen molar-refractivity contribution in [3.05, 3.63) is 78.1 Å². The van der Waals surface area contributed by atoms with Gasteiger partial charge in [0.25, 0.3) is 0 Å². The number of likely N-dealkylation sites (tertiary alicyclic amines) is 1. The van der Waals surface area contributed by atoms with Crippen LogP contribution in [0.15, 0.2) is 71.2 Å². The Bertz CT molecular complexity index is 982. The first kappa shape index (κ1) is 19.0. The van der Waals surface area contributed by atoms with Crippen LogP contribution in [0.1, 0.15) is 24.2 Å². The third-order valence-corrected chi connectivity index (χ3v) is 5.32. The summed E-state index contributed by atoms with van der Waals surface area (Å²) in [4.78, 5) is 26.7. The van der Waals surface area contributed by atoms with E-state index in [9.17, 15) is 9.59 Å². The Balaban J connectivity index is 1.26. The molecule has 2 amide bonds. The van der Waals surface area contributed by atoms with Crippen molar-refractivity contribution in [1.82, 2.24) is 10.2 Å². The van der Waals surface area contributed by atoms with Gasteiger partial charge in [-0.15, -0.1) is 0 Å². The van der Waals surface area contributed by atoms with Crippen LogP contribution in [0, 0.1) is 5.92 Å². The highest BCUT2D eigenvalue weighted by Gasteiger charge is 2.26. The molecule has 29 heavy (non-hydrogen) atoms. The number of fused-ring (bicyclic) bond motifs is 1. The van der Waals surface area contributed by atoms with Crippen LogP contribution < -0.4 is 5.32 Å². The summed E-state index contributed by atoms with van der Waals surface area (Å²) in [6, 6.07) is 19.6. The van der Waals surface area contributed by atoms with Gasteiger partial charge >= 0.3 is 0 Å². The van der Waals surface area contributed by atoms with E-state index < -0.39 is 0 Å². The summed E-state index contributed by atoms with van der Waals surface area (Å²) in [5, 5.41) is 4.02. The third kappa shape index (κ3) is 4.74. The molecule has 1 aliphatic heterocycles. The summed E-state index contributed by atoms with van der Waals surface area (Å²) in [7, 11) is 0. The molecule has 1 saturated heterocycles. The first-order valence-corrected chi connectivity index (χ1v) is 9.96. The lowest BCUT2D eigenvalue weighted by Gasteiger charge is -2.30. The molecule has 3 aromatic rings. The number of carbonyl (C=O) groups is 2. The number of nitrogens with zero attached hydrogens (tertiary/aromatic N) is 1. The van der Waals surface area contributed by atoms with Crippen LogP contribution in [0.3, 0.4) is 0 Å². The summed E-state index contributed by atoms with van der Waals surface area (Å²) in [6.45, 7) is 1.72. The van der Waals surface area contributed by atoms with E-state index in [0.717, 1.165) is 16.5 Å². The average molecular weight is 388 g/mol. The van der Waals surface area contributed by atoms with Crippen molar-refractivity contribution in [2.24, 2.45) is 5.92 Å². The van der Waals surface area contributed by atoms with Crippen LogP contribution >= 0.6 is 0 Å². The fourth-order valence-electron chi connectivity index (χ4n) is 3.63. The number of carbonyl (C=O) groups excluding carboxylic acids is 2. The molecule has 5 nitrogen and oxygen atoms in total. The van der Waals surface area contributed by atoms with Crippen molar-refractivity contribution in [3.63, 3.8) is 0 Å². The molecule has 0 atom stereocenters. The first-order valence-electron chi connectivity index (χ1n) is 9.96. The van der Waals surface area contributed by atoms with Crippen molar-refractivity contribution >= 4 is 28.9 Å². The molecule has 1 N–H and O–H groups in total. The highest BCUT2D eigenvalue weighted by molar-refractivity contribution is 5.92. The van der Waals surface area contributed by atoms with Gasteiger partial charge in [0.05, 0.1) is 0 Å². The molecule has 0 radical (unpaired) electrons. The number of piperidine rings is 1. The standard InChI is InChI=1S/C24H24N2O3/c27-23(11-10-21-16-20-8-4-5-9-22(20)29-21)26-14-12-19(13-15-26)24(28)25-17-18-6-2-1-3-7-18/h1-11,16,19H,12-15,17H2,(H,25,28)/b11-10+. The van der Waals surface area contributed by atoms with Gasteiger partial charge < -0.3 is 14.6 Å². The predicted octanol–water partition coefficient (Wildman–Crippen LogP) is 4.00. The number of nitrogens with one attached hydrogen (secondary N) is 1. The molecule has 148 valence electrons. The van der Waals surface area contributed by atoms with Gasteiger partial charge in [0.1, 0.15) is 11.3 Å². The second kappa shape index (κ2) is 8.78. The molecule has 1 fully saturated rings. The Morgan fingerprint density at radius 1 is 1.03 bits per heavy atom. The van der Waals surface area contributed by atoms with Gasteiger partial charge in [-0.05, 0) is 36.6 Å². The maximum atomic E-state index is 12.5. The Hall–Kier alpha value is -3.34. The molecule has 2 heterocycles. The Kier molecular flexibility index (Phi) is 5.75. The van der Waals surface area contributed by atoms with Crippen LogP contribution in [0.2, 0.25) is 0 Å². The molecular weight excluding hydrogens is 364 g/mol. The lowest BCUT2D eigenvalue weighted by Crippen LogP contribution is -2.42. The number of furan rings is 1. The van der Waals surface area contributed by atoms with E-state index in [1.165, 1.54) is 0 Å². The minimum atomic E-state index is -0.0476. The van der Waals surface area contributed by atoms with E-state index >= 15 is 0 Å². The molecule has 1 aromatic heterocycles. The van der Waals surface area contributed by atoms with E-state index in [4.69, 9.17) is 4.42 Å². The van der Waals surface area contributed by atoms with Gasteiger partial charge in [-0.25, -0.2) is 0 Å². The molecule has 0 unspecified atom stereocenters. The van der Waals surface area contributed by atoms with Crippen molar-refractivity contribution in [1.29, 1.82) is 0 Å². The minimum absolute atomic E-state index is 0.0397. The molecule has 0 spiro atoms. The number of benzene rings is 2. The number of rotatable bonds is 5. The maximum Gasteiger partial charge on any atom is 0.246 e. The lowest BCUT2D eigenvalue weighted by molar-refractivity contribution is -0.132. The average Bonchev–Trinajstić information content (AvgIpc) is 3.20. The quantitative estimate of drug-likeness (QED) is 0.672. The zero-order valence-electron chi connectivity index (χ0n) is 16.2. The Labute approximate surface area is 170 Å². The number of para-hydroxylation sites is 1. The van der Waals surface area contributed by atoms with Gasteiger partial charge in [0.2, 0.25) is 11.8 Å². The SMILES string of the molecule is O=C(NCc1ccccc1)C1CCN(C(=O)/C=C/c2cc3ccccc3o2)CC1. The highest BCUT2D eigenvalue weighted by atomic mass is 16.3. The number of hydrogen-bond donors (Lipinski definition) is 1. The molecule has 1 aliphatic rings. The molecule has 0 aliphatic carbocycles. The van der Waals surface area contributed by atoms with E-state index in [-0.39, 0.29) is 17.7 Å². The molecule has 4 rings (SSSR count). The highest BCUT2D eigenvalue weighted by Crippen LogP contribution is 2.21. The summed E-state index contributed by atoms with van der Waals surface area (Å²) < 4.78 is 5.71. The van der Waals surface area contributed by atoms with Gasteiger partial charge in [-0.1, -0.05) is 48.5 Å². The monoisotopic (exact) mass is 388 g/mol. The molecule has 0 bridgehead atoms. The predicted molar refractivity (Wildman–Crippen MR) is 113 cm³/mol. The summed E-state index contributed by atoms with van der Waals surface area (Å²) in [5.41, 5.74) is 1.89. The smallest absolute Gasteiger partial charge is 0.246 e. The summed E-state index contributed by atoms with van der Waals surface area (Å²) >= 11 is 0. The van der Waals surface area contributed by atoms with Gasteiger partial charge in [-0.3, -0.25) is 9.59 Å². The van der Waals surface area contributed by atoms with Crippen LogP contribution in [-0.2, 0) is 16.1 Å². The van der Waals surface area contributed by atoms with Crippen LogP contribution in [0.25, 0.3) is 17.0 Å². The lowest BCUT2D eigenvalue weighted by atomic mass is 9.95. The Morgan fingerprint density at radius 3 is 2.52 bits per heavy atom. The zero-order chi connectivity index (χ0) is 20.1. The maximum absolute atomic E-state index is 12.5. The summed E-state index contributed by atoms with van der Waals surface area (Å²) in [6.07, 6.45) is 4.63.